The topological polar surface area (TPSA) is 65.8 Å². The second-order valence-corrected chi connectivity index (χ2v) is 4.27. The molecule has 0 spiro atoms. The van der Waals surface area contributed by atoms with E-state index in [1.54, 1.807) is 24.7 Å². The number of rotatable bonds is 3. The highest BCUT2D eigenvalue weighted by Gasteiger charge is 2.18. The molecule has 0 fully saturated rings. The highest BCUT2D eigenvalue weighted by atomic mass is 32.1. The molecule has 0 saturated carbocycles. The van der Waals surface area contributed by atoms with Crippen molar-refractivity contribution in [1.82, 2.24) is 10.3 Å². The van der Waals surface area contributed by atoms with E-state index in [4.69, 9.17) is 5.26 Å². The Balaban J connectivity index is 2.49. The van der Waals surface area contributed by atoms with Gasteiger partial charge in [-0.1, -0.05) is 0 Å². The molecule has 0 bridgehead atoms. The number of hydrogen-bond acceptors (Lipinski definition) is 4. The zero-order valence-corrected chi connectivity index (χ0v) is 8.89. The van der Waals surface area contributed by atoms with Gasteiger partial charge in [0.1, 0.15) is 5.69 Å². The van der Waals surface area contributed by atoms with Crippen molar-refractivity contribution in [1.29, 1.82) is 5.26 Å². The molecule has 1 heterocycles. The first kappa shape index (κ1) is 10.7. The monoisotopic (exact) mass is 209 g/mol. The van der Waals surface area contributed by atoms with Crippen LogP contribution in [-0.2, 0) is 0 Å². The summed E-state index contributed by atoms with van der Waals surface area (Å²) < 4.78 is 0. The average Bonchev–Trinajstić information content (AvgIpc) is 2.67. The third kappa shape index (κ3) is 2.82. The fraction of sp³-hybridized carbons (Fsp3) is 0.444. The molecule has 0 aliphatic carbocycles. The molecule has 0 atom stereocenters. The standard InChI is InChI=1S/C9H11N3OS/c1-9(2,4-10)5-11-8(13)7-3-14-6-12-7/h3,6H,5H2,1-2H3,(H,11,13). The lowest BCUT2D eigenvalue weighted by atomic mass is 9.96. The molecule has 0 saturated heterocycles. The first-order chi connectivity index (χ1) is 6.55. The van der Waals surface area contributed by atoms with Crippen LogP contribution in [0.5, 0.6) is 0 Å². The number of carbonyl (C=O) groups excluding carboxylic acids is 1. The Morgan fingerprint density at radius 3 is 3.00 bits per heavy atom. The van der Waals surface area contributed by atoms with Crippen LogP contribution in [0.1, 0.15) is 24.3 Å². The first-order valence-electron chi connectivity index (χ1n) is 4.13. The molecule has 5 heteroatoms. The number of nitrogens with one attached hydrogen (secondary N) is 1. The van der Waals surface area contributed by atoms with E-state index >= 15 is 0 Å². The number of aromatic nitrogens is 1. The smallest absolute Gasteiger partial charge is 0.270 e. The molecule has 1 aromatic rings. The van der Waals surface area contributed by atoms with Gasteiger partial charge in [-0.15, -0.1) is 11.3 Å². The summed E-state index contributed by atoms with van der Waals surface area (Å²) in [5, 5.41) is 13.1. The average molecular weight is 209 g/mol. The molecule has 1 aromatic heterocycles. The largest absolute Gasteiger partial charge is 0.349 e. The summed E-state index contributed by atoms with van der Waals surface area (Å²) in [5.41, 5.74) is 1.47. The maximum atomic E-state index is 11.4. The van der Waals surface area contributed by atoms with Crippen LogP contribution in [0.15, 0.2) is 10.9 Å². The molecule has 0 unspecified atom stereocenters. The van der Waals surface area contributed by atoms with Crippen molar-refractivity contribution in [2.45, 2.75) is 13.8 Å². The third-order valence-electron chi connectivity index (χ3n) is 1.66. The van der Waals surface area contributed by atoms with E-state index in [2.05, 4.69) is 16.4 Å². The highest BCUT2D eigenvalue weighted by Crippen LogP contribution is 2.11. The van der Waals surface area contributed by atoms with Crippen molar-refractivity contribution < 1.29 is 4.79 Å². The van der Waals surface area contributed by atoms with Crippen molar-refractivity contribution in [3.8, 4) is 6.07 Å². The SMILES string of the molecule is CC(C)(C#N)CNC(=O)c1cscn1. The Labute approximate surface area is 86.6 Å². The van der Waals surface area contributed by atoms with E-state index in [0.717, 1.165) is 0 Å². The molecule has 0 aliphatic rings. The summed E-state index contributed by atoms with van der Waals surface area (Å²) >= 11 is 1.37. The van der Waals surface area contributed by atoms with Crippen LogP contribution in [0.4, 0.5) is 0 Å². The van der Waals surface area contributed by atoms with Crippen LogP contribution in [-0.4, -0.2) is 17.4 Å². The molecule has 74 valence electrons. The van der Waals surface area contributed by atoms with Gasteiger partial charge in [0.2, 0.25) is 0 Å². The normalized spacial score (nSPS) is 10.6. The van der Waals surface area contributed by atoms with Crippen molar-refractivity contribution in [2.24, 2.45) is 5.41 Å². The van der Waals surface area contributed by atoms with Crippen LogP contribution in [0.2, 0.25) is 0 Å². The van der Waals surface area contributed by atoms with Crippen LogP contribution < -0.4 is 5.32 Å². The Bertz CT molecular complexity index is 351. The lowest BCUT2D eigenvalue weighted by Crippen LogP contribution is -2.33. The van der Waals surface area contributed by atoms with Gasteiger partial charge >= 0.3 is 0 Å². The molecule has 0 aliphatic heterocycles. The van der Waals surface area contributed by atoms with Gasteiger partial charge in [-0.2, -0.15) is 5.26 Å². The third-order valence-corrected chi connectivity index (χ3v) is 2.24. The lowest BCUT2D eigenvalue weighted by Gasteiger charge is -2.14. The first-order valence-corrected chi connectivity index (χ1v) is 5.07. The van der Waals surface area contributed by atoms with Gasteiger partial charge in [0, 0.05) is 11.9 Å². The van der Waals surface area contributed by atoms with E-state index < -0.39 is 5.41 Å². The van der Waals surface area contributed by atoms with Gasteiger partial charge < -0.3 is 5.32 Å². The molecule has 0 radical (unpaired) electrons. The second-order valence-electron chi connectivity index (χ2n) is 3.55. The van der Waals surface area contributed by atoms with Gasteiger partial charge in [-0.25, -0.2) is 4.98 Å². The summed E-state index contributed by atoms with van der Waals surface area (Å²) in [4.78, 5) is 15.3. The van der Waals surface area contributed by atoms with Gasteiger partial charge in [-0.3, -0.25) is 4.79 Å². The van der Waals surface area contributed by atoms with Crippen LogP contribution >= 0.6 is 11.3 Å². The molecular formula is C9H11N3OS. The van der Waals surface area contributed by atoms with E-state index in [1.807, 2.05) is 0 Å². The van der Waals surface area contributed by atoms with Crippen LogP contribution in [0.3, 0.4) is 0 Å². The Hall–Kier alpha value is -1.41. The summed E-state index contributed by atoms with van der Waals surface area (Å²) in [6.07, 6.45) is 0. The number of hydrogen-bond donors (Lipinski definition) is 1. The highest BCUT2D eigenvalue weighted by molar-refractivity contribution is 7.07. The molecule has 1 N–H and O–H groups in total. The zero-order chi connectivity index (χ0) is 10.6. The van der Waals surface area contributed by atoms with E-state index in [-0.39, 0.29) is 5.91 Å². The summed E-state index contributed by atoms with van der Waals surface area (Å²) in [6, 6.07) is 2.11. The van der Waals surface area contributed by atoms with Crippen molar-refractivity contribution in [2.75, 3.05) is 6.54 Å². The minimum atomic E-state index is -0.536. The van der Waals surface area contributed by atoms with E-state index in [1.165, 1.54) is 11.3 Å². The fourth-order valence-electron chi connectivity index (χ4n) is 0.756. The lowest BCUT2D eigenvalue weighted by molar-refractivity contribution is 0.0939. The van der Waals surface area contributed by atoms with Crippen LogP contribution in [0.25, 0.3) is 0 Å². The quantitative estimate of drug-likeness (QED) is 0.818. The fourth-order valence-corrected chi connectivity index (χ4v) is 1.29. The molecule has 1 amide bonds. The summed E-state index contributed by atoms with van der Waals surface area (Å²) in [6.45, 7) is 3.88. The number of carbonyl (C=O) groups is 1. The van der Waals surface area contributed by atoms with Crippen molar-refractivity contribution >= 4 is 17.2 Å². The molecule has 0 aromatic carbocycles. The van der Waals surface area contributed by atoms with Crippen molar-refractivity contribution in [3.63, 3.8) is 0 Å². The van der Waals surface area contributed by atoms with Crippen molar-refractivity contribution in [3.05, 3.63) is 16.6 Å². The maximum Gasteiger partial charge on any atom is 0.270 e. The van der Waals surface area contributed by atoms with E-state index in [0.29, 0.717) is 12.2 Å². The van der Waals surface area contributed by atoms with Gasteiger partial charge in [0.25, 0.3) is 5.91 Å². The maximum absolute atomic E-state index is 11.4. The molecular weight excluding hydrogens is 198 g/mol. The second kappa shape index (κ2) is 4.20. The minimum absolute atomic E-state index is 0.227. The van der Waals surface area contributed by atoms with Gasteiger partial charge in [0.15, 0.2) is 0 Å². The van der Waals surface area contributed by atoms with Gasteiger partial charge in [0.05, 0.1) is 17.0 Å². The number of thiazole rings is 1. The van der Waals surface area contributed by atoms with Gasteiger partial charge in [-0.05, 0) is 13.8 Å². The number of nitrogens with zero attached hydrogens (tertiary/aromatic N) is 2. The van der Waals surface area contributed by atoms with Crippen LogP contribution in [0, 0.1) is 16.7 Å². The number of nitriles is 1. The molecule has 4 nitrogen and oxygen atoms in total. The predicted molar refractivity (Wildman–Crippen MR) is 53.8 cm³/mol. The molecule has 14 heavy (non-hydrogen) atoms. The Kier molecular flexibility index (Phi) is 3.20. The van der Waals surface area contributed by atoms with E-state index in [9.17, 15) is 4.79 Å². The summed E-state index contributed by atoms with van der Waals surface area (Å²) in [5.74, 6) is -0.227. The zero-order valence-electron chi connectivity index (χ0n) is 8.07. The number of amides is 1. The minimum Gasteiger partial charge on any atom is -0.349 e. The predicted octanol–water partition coefficient (Wildman–Crippen LogP) is 1.42. The summed E-state index contributed by atoms with van der Waals surface area (Å²) in [7, 11) is 0. The molecule has 1 rings (SSSR count). The Morgan fingerprint density at radius 1 is 1.79 bits per heavy atom. The Morgan fingerprint density at radius 2 is 2.50 bits per heavy atom.